The Morgan fingerprint density at radius 2 is 1.93 bits per heavy atom. The number of dihydropyridines is 1. The van der Waals surface area contributed by atoms with Crippen molar-refractivity contribution in [3.8, 4) is 0 Å². The maximum absolute atomic E-state index is 13.0. The Morgan fingerprint density at radius 1 is 1.24 bits per heavy atom. The topological polar surface area (TPSA) is 108 Å². The van der Waals surface area contributed by atoms with Crippen molar-refractivity contribution in [3.05, 3.63) is 41.7 Å². The van der Waals surface area contributed by atoms with Crippen molar-refractivity contribution in [3.63, 3.8) is 0 Å². The van der Waals surface area contributed by atoms with Crippen molar-refractivity contribution in [1.82, 2.24) is 4.90 Å². The summed E-state index contributed by atoms with van der Waals surface area (Å²) >= 11 is 0. The molecule has 4 amide bonds. The van der Waals surface area contributed by atoms with Gasteiger partial charge in [0.15, 0.2) is 18.2 Å². The highest BCUT2D eigenvalue weighted by molar-refractivity contribution is 6.16. The predicted molar refractivity (Wildman–Crippen MR) is 105 cm³/mol. The minimum Gasteiger partial charge on any atom is -0.497 e. The number of fused-ring (bicyclic) bond motifs is 1. The van der Waals surface area contributed by atoms with Gasteiger partial charge in [-0.05, 0) is 38.1 Å². The quantitative estimate of drug-likeness (QED) is 0.577. The van der Waals surface area contributed by atoms with Gasteiger partial charge in [0.25, 0.3) is 11.7 Å². The Hall–Kier alpha value is -3.62. The zero-order valence-electron chi connectivity index (χ0n) is 16.3. The summed E-state index contributed by atoms with van der Waals surface area (Å²) < 4.78 is 6.76. The highest BCUT2D eigenvalue weighted by atomic mass is 16.5. The highest BCUT2D eigenvalue weighted by Gasteiger charge is 2.50. The monoisotopic (exact) mass is 397 g/mol. The van der Waals surface area contributed by atoms with Gasteiger partial charge in [-0.3, -0.25) is 14.4 Å². The van der Waals surface area contributed by atoms with Crippen LogP contribution >= 0.6 is 0 Å². The Labute approximate surface area is 167 Å². The number of hydrogen-bond acceptors (Lipinski definition) is 6. The van der Waals surface area contributed by atoms with Crippen molar-refractivity contribution in [2.45, 2.75) is 13.8 Å². The number of carbonyl (C=O) groups excluding carboxylic acids is 4. The number of amides is 4. The summed E-state index contributed by atoms with van der Waals surface area (Å²) in [6.45, 7) is 3.13. The van der Waals surface area contributed by atoms with Gasteiger partial charge in [-0.1, -0.05) is 0 Å². The SMILES string of the molecule is CCOC1=CC=NC2=[N+](C)C(=O)N(CC(=O)Nc3ccc(C(C)=O)cc3)C(=O)C12. The summed E-state index contributed by atoms with van der Waals surface area (Å²) in [4.78, 5) is 54.4. The van der Waals surface area contributed by atoms with E-state index in [1.165, 1.54) is 24.8 Å². The van der Waals surface area contributed by atoms with E-state index in [1.54, 1.807) is 37.3 Å². The van der Waals surface area contributed by atoms with E-state index in [-0.39, 0.29) is 11.6 Å². The van der Waals surface area contributed by atoms with E-state index in [2.05, 4.69) is 10.3 Å². The lowest BCUT2D eigenvalue weighted by molar-refractivity contribution is -0.408. The summed E-state index contributed by atoms with van der Waals surface area (Å²) in [6.07, 6.45) is 3.05. The van der Waals surface area contributed by atoms with Gasteiger partial charge >= 0.3 is 11.9 Å². The van der Waals surface area contributed by atoms with Crippen LogP contribution in [0.15, 0.2) is 41.1 Å². The lowest BCUT2D eigenvalue weighted by atomic mass is 9.99. The van der Waals surface area contributed by atoms with E-state index in [4.69, 9.17) is 4.74 Å². The molecule has 0 bridgehead atoms. The fourth-order valence-corrected chi connectivity index (χ4v) is 3.10. The first-order valence-electron chi connectivity index (χ1n) is 9.07. The number of urea groups is 1. The minimum atomic E-state index is -0.870. The number of ether oxygens (including phenoxy) is 1. The lowest BCUT2D eigenvalue weighted by Gasteiger charge is -2.28. The number of carbonyl (C=O) groups is 4. The van der Waals surface area contributed by atoms with E-state index >= 15 is 0 Å². The van der Waals surface area contributed by atoms with Crippen LogP contribution < -0.4 is 5.32 Å². The van der Waals surface area contributed by atoms with Gasteiger partial charge in [0.05, 0.1) is 13.7 Å². The molecule has 0 saturated heterocycles. The number of ketones is 1. The number of anilines is 1. The maximum atomic E-state index is 13.0. The van der Waals surface area contributed by atoms with E-state index in [9.17, 15) is 19.2 Å². The molecule has 1 unspecified atom stereocenters. The van der Waals surface area contributed by atoms with Crippen LogP contribution in [0.25, 0.3) is 0 Å². The molecule has 0 aliphatic carbocycles. The maximum Gasteiger partial charge on any atom is 0.446 e. The molecule has 3 rings (SSSR count). The van der Waals surface area contributed by atoms with E-state index in [1.807, 2.05) is 0 Å². The summed E-state index contributed by atoms with van der Waals surface area (Å²) in [5, 5.41) is 2.62. The number of imide groups is 1. The molecule has 1 aromatic rings. The normalized spacial score (nSPS) is 18.4. The number of nitrogens with one attached hydrogen (secondary N) is 1. The molecule has 9 nitrogen and oxygen atoms in total. The average Bonchev–Trinajstić information content (AvgIpc) is 2.70. The smallest absolute Gasteiger partial charge is 0.446 e. The molecular formula is C20H21N4O5+. The van der Waals surface area contributed by atoms with Crippen LogP contribution in [0.4, 0.5) is 10.5 Å². The number of Topliss-reactive ketones (excluding diaryl/α,β-unsaturated/α-hetero) is 1. The fourth-order valence-electron chi connectivity index (χ4n) is 3.10. The van der Waals surface area contributed by atoms with Gasteiger partial charge in [-0.25, -0.2) is 4.79 Å². The first-order chi connectivity index (χ1) is 13.8. The number of allylic oxidation sites excluding steroid dienone is 1. The minimum absolute atomic E-state index is 0.0872. The van der Waals surface area contributed by atoms with Crippen LogP contribution in [0.1, 0.15) is 24.2 Å². The van der Waals surface area contributed by atoms with Gasteiger partial charge < -0.3 is 10.1 Å². The molecule has 150 valence electrons. The highest BCUT2D eigenvalue weighted by Crippen LogP contribution is 2.25. The molecule has 0 aromatic heterocycles. The average molecular weight is 397 g/mol. The number of rotatable bonds is 6. The summed E-state index contributed by atoms with van der Waals surface area (Å²) in [5.41, 5.74) is 0.969. The molecule has 9 heteroatoms. The Kier molecular flexibility index (Phi) is 5.67. The Morgan fingerprint density at radius 3 is 2.55 bits per heavy atom. The number of hydrogen-bond donors (Lipinski definition) is 1. The molecule has 0 spiro atoms. The molecule has 2 heterocycles. The van der Waals surface area contributed by atoms with Crippen LogP contribution in [0.3, 0.4) is 0 Å². The van der Waals surface area contributed by atoms with E-state index in [0.29, 0.717) is 23.6 Å². The van der Waals surface area contributed by atoms with Crippen LogP contribution in [-0.2, 0) is 14.3 Å². The van der Waals surface area contributed by atoms with Gasteiger partial charge in [0.1, 0.15) is 12.0 Å². The van der Waals surface area contributed by atoms with Crippen molar-refractivity contribution >= 4 is 41.4 Å². The Balaban J connectivity index is 1.77. The second-order valence-corrected chi connectivity index (χ2v) is 6.52. The van der Waals surface area contributed by atoms with E-state index in [0.717, 1.165) is 4.90 Å². The largest absolute Gasteiger partial charge is 0.497 e. The van der Waals surface area contributed by atoms with Crippen LogP contribution in [0.2, 0.25) is 0 Å². The van der Waals surface area contributed by atoms with E-state index < -0.39 is 30.3 Å². The first-order valence-corrected chi connectivity index (χ1v) is 9.07. The molecular weight excluding hydrogens is 376 g/mol. The zero-order valence-corrected chi connectivity index (χ0v) is 16.3. The molecule has 0 fully saturated rings. The molecule has 1 N–H and O–H groups in total. The van der Waals surface area contributed by atoms with Gasteiger partial charge in [-0.15, -0.1) is 4.99 Å². The predicted octanol–water partition coefficient (Wildman–Crippen LogP) is 1.45. The second-order valence-electron chi connectivity index (χ2n) is 6.52. The van der Waals surface area contributed by atoms with Gasteiger partial charge in [0, 0.05) is 17.3 Å². The summed E-state index contributed by atoms with van der Waals surface area (Å²) in [5.74, 6) is -1.42. The fraction of sp³-hybridized carbons (Fsp3) is 0.300. The number of nitrogens with zero attached hydrogens (tertiary/aromatic N) is 3. The van der Waals surface area contributed by atoms with Crippen molar-refractivity contribution in [2.24, 2.45) is 10.9 Å². The zero-order chi connectivity index (χ0) is 21.1. The van der Waals surface area contributed by atoms with Crippen LogP contribution in [-0.4, -0.2) is 65.4 Å². The number of benzene rings is 1. The van der Waals surface area contributed by atoms with Crippen molar-refractivity contribution < 1.29 is 28.5 Å². The van der Waals surface area contributed by atoms with Gasteiger partial charge in [0.2, 0.25) is 0 Å². The summed E-state index contributed by atoms with van der Waals surface area (Å²) in [6, 6.07) is 5.70. The van der Waals surface area contributed by atoms with Crippen molar-refractivity contribution in [1.29, 1.82) is 0 Å². The summed E-state index contributed by atoms with van der Waals surface area (Å²) in [7, 11) is 1.49. The molecule has 1 atom stereocenters. The number of amidine groups is 1. The molecule has 2 aliphatic heterocycles. The molecule has 1 aromatic carbocycles. The molecule has 29 heavy (non-hydrogen) atoms. The van der Waals surface area contributed by atoms with Crippen LogP contribution in [0.5, 0.6) is 0 Å². The molecule has 2 aliphatic rings. The molecule has 0 radical (unpaired) electrons. The second kappa shape index (κ2) is 8.17. The third kappa shape index (κ3) is 3.98. The van der Waals surface area contributed by atoms with Crippen molar-refractivity contribution in [2.75, 3.05) is 25.5 Å². The lowest BCUT2D eigenvalue weighted by Crippen LogP contribution is -2.56. The first kappa shape index (κ1) is 20.1. The van der Waals surface area contributed by atoms with Crippen LogP contribution in [0, 0.1) is 5.92 Å². The molecule has 0 saturated carbocycles. The van der Waals surface area contributed by atoms with Gasteiger partial charge in [-0.2, -0.15) is 9.48 Å². The standard InChI is InChI=1S/C20H20N4O5/c1-4-29-15-9-10-21-18-17(15)19(27)24(20(28)23(18)3)11-16(26)22-14-7-5-13(6-8-14)12(2)25/h5-10,17H,4,11H2,1-3H3/p+1. The third-order valence-electron chi connectivity index (χ3n) is 4.55. The Bertz CT molecular complexity index is 975. The number of aliphatic imine (C=N–C) groups is 1. The third-order valence-corrected chi connectivity index (χ3v) is 4.55.